The number of amides is 2. The smallest absolute Gasteiger partial charge is 0.248 e. The van der Waals surface area contributed by atoms with Crippen LogP contribution in [0.2, 0.25) is 5.02 Å². The Morgan fingerprint density at radius 1 is 1.15 bits per heavy atom. The van der Waals surface area contributed by atoms with Gasteiger partial charge in [-0.1, -0.05) is 18.5 Å². The van der Waals surface area contributed by atoms with E-state index in [0.29, 0.717) is 49.7 Å². The molecule has 1 saturated heterocycles. The first-order chi connectivity index (χ1) is 19.4. The summed E-state index contributed by atoms with van der Waals surface area (Å²) >= 11 is 9.54. The first kappa shape index (κ1) is 27.4. The third-order valence-electron chi connectivity index (χ3n) is 7.88. The molecule has 2 fully saturated rings. The molecule has 13 heteroatoms. The van der Waals surface area contributed by atoms with Gasteiger partial charge in [-0.15, -0.1) is 0 Å². The Morgan fingerprint density at radius 3 is 2.59 bits per heavy atom. The van der Waals surface area contributed by atoms with Crippen molar-refractivity contribution in [2.75, 3.05) is 5.32 Å². The Labute approximate surface area is 248 Å². The standard InChI is InChI=1S/C28H26BrClN8O3/c1-13-25-17(7-19(33-13)16-10-31-15(3)32-11-16)24(14(2)39)36-37(25)12-23(40)38-20(8-28(4)9-21(28)38)27(41)35-26-18(30)5-6-22(29)34-26/h5-7,10-11,20-21H,8-9,12H2,1-4H3,(H,34,35,41)/t20-,21+,28-/m0/s1. The van der Waals surface area contributed by atoms with Crippen LogP contribution in [0.25, 0.3) is 22.2 Å². The fourth-order valence-corrected chi connectivity index (χ4v) is 6.18. The van der Waals surface area contributed by atoms with Crippen molar-refractivity contribution in [1.82, 2.24) is 34.6 Å². The molecule has 0 spiro atoms. The maximum atomic E-state index is 13.9. The summed E-state index contributed by atoms with van der Waals surface area (Å²) in [6.45, 7) is 6.98. The summed E-state index contributed by atoms with van der Waals surface area (Å²) in [4.78, 5) is 59.0. The first-order valence-corrected chi connectivity index (χ1v) is 14.2. The molecule has 4 aromatic heterocycles. The minimum atomic E-state index is -0.690. The molecule has 2 amide bonds. The summed E-state index contributed by atoms with van der Waals surface area (Å²) in [6, 6.07) is 4.34. The maximum absolute atomic E-state index is 13.9. The fraction of sp³-hybridized carbons (Fsp3) is 0.357. The number of rotatable bonds is 6. The van der Waals surface area contributed by atoms with Crippen LogP contribution in [0.5, 0.6) is 0 Å². The van der Waals surface area contributed by atoms with Gasteiger partial charge in [-0.25, -0.2) is 15.0 Å². The van der Waals surface area contributed by atoms with Crippen LogP contribution in [0.1, 0.15) is 48.7 Å². The molecule has 2 aliphatic rings. The first-order valence-electron chi connectivity index (χ1n) is 13.1. The second-order valence-electron chi connectivity index (χ2n) is 10.9. The van der Waals surface area contributed by atoms with E-state index in [0.717, 1.165) is 6.42 Å². The molecule has 0 bridgehead atoms. The number of nitrogens with zero attached hydrogens (tertiary/aromatic N) is 7. The Balaban J connectivity index is 1.32. The van der Waals surface area contributed by atoms with Gasteiger partial charge < -0.3 is 10.2 Å². The van der Waals surface area contributed by atoms with Gasteiger partial charge in [0.1, 0.15) is 28.7 Å². The lowest BCUT2D eigenvalue weighted by Gasteiger charge is -2.27. The van der Waals surface area contributed by atoms with Crippen LogP contribution in [0.3, 0.4) is 0 Å². The van der Waals surface area contributed by atoms with Gasteiger partial charge in [-0.05, 0) is 66.2 Å². The monoisotopic (exact) mass is 636 g/mol. The molecule has 1 aliphatic heterocycles. The second-order valence-corrected chi connectivity index (χ2v) is 12.1. The maximum Gasteiger partial charge on any atom is 0.248 e. The van der Waals surface area contributed by atoms with Crippen molar-refractivity contribution < 1.29 is 14.4 Å². The molecule has 41 heavy (non-hydrogen) atoms. The third kappa shape index (κ3) is 4.88. The number of ketones is 1. The van der Waals surface area contributed by atoms with Gasteiger partial charge in [-0.2, -0.15) is 5.10 Å². The Bertz CT molecular complexity index is 1760. The van der Waals surface area contributed by atoms with E-state index in [2.05, 4.69) is 48.2 Å². The lowest BCUT2D eigenvalue weighted by Crippen LogP contribution is -2.46. The number of carbonyl (C=O) groups excluding carboxylic acids is 3. The zero-order valence-corrected chi connectivity index (χ0v) is 25.1. The summed E-state index contributed by atoms with van der Waals surface area (Å²) in [6.07, 6.45) is 4.71. The highest BCUT2D eigenvalue weighted by Gasteiger charge is 2.64. The minimum Gasteiger partial charge on any atom is -0.325 e. The van der Waals surface area contributed by atoms with E-state index >= 15 is 0 Å². The molecule has 1 N–H and O–H groups in total. The van der Waals surface area contributed by atoms with Crippen molar-refractivity contribution in [2.24, 2.45) is 5.41 Å². The number of carbonyl (C=O) groups is 3. The quantitative estimate of drug-likeness (QED) is 0.241. The van der Waals surface area contributed by atoms with E-state index in [1.807, 2.05) is 6.92 Å². The summed E-state index contributed by atoms with van der Waals surface area (Å²) in [7, 11) is 0. The van der Waals surface area contributed by atoms with Gasteiger partial charge in [0.25, 0.3) is 0 Å². The molecular weight excluding hydrogens is 612 g/mol. The highest BCUT2D eigenvalue weighted by molar-refractivity contribution is 9.10. The van der Waals surface area contributed by atoms with E-state index in [-0.39, 0.29) is 47.1 Å². The predicted molar refractivity (Wildman–Crippen MR) is 155 cm³/mol. The number of Topliss-reactive ketones (excluding diaryl/α,β-unsaturated/α-hetero) is 1. The van der Waals surface area contributed by atoms with Crippen molar-refractivity contribution in [3.63, 3.8) is 0 Å². The fourth-order valence-electron chi connectivity index (χ4n) is 5.72. The molecule has 210 valence electrons. The van der Waals surface area contributed by atoms with Gasteiger partial charge >= 0.3 is 0 Å². The summed E-state index contributed by atoms with van der Waals surface area (Å²) in [5, 5.41) is 8.22. The van der Waals surface area contributed by atoms with Crippen LogP contribution in [0.4, 0.5) is 5.82 Å². The van der Waals surface area contributed by atoms with Crippen molar-refractivity contribution in [3.8, 4) is 11.3 Å². The van der Waals surface area contributed by atoms with Crippen LogP contribution in [-0.2, 0) is 16.1 Å². The molecule has 1 aliphatic carbocycles. The Hall–Kier alpha value is -3.77. The normalized spacial score (nSPS) is 21.2. The number of halogens is 2. The molecule has 6 rings (SSSR count). The van der Waals surface area contributed by atoms with Crippen molar-refractivity contribution in [3.05, 3.63) is 57.4 Å². The number of likely N-dealkylation sites (tertiary alicyclic amines) is 1. The number of hydrogen-bond acceptors (Lipinski definition) is 8. The molecule has 4 aromatic rings. The number of hydrogen-bond donors (Lipinski definition) is 1. The Morgan fingerprint density at radius 2 is 1.88 bits per heavy atom. The van der Waals surface area contributed by atoms with Gasteiger partial charge in [0, 0.05) is 36.3 Å². The van der Waals surface area contributed by atoms with Gasteiger partial charge in [-0.3, -0.25) is 24.0 Å². The average molecular weight is 638 g/mol. The zero-order chi connectivity index (χ0) is 29.2. The summed E-state index contributed by atoms with van der Waals surface area (Å²) in [5.41, 5.74) is 2.62. The second kappa shape index (κ2) is 9.95. The molecule has 11 nitrogen and oxygen atoms in total. The lowest BCUT2D eigenvalue weighted by molar-refractivity contribution is -0.138. The summed E-state index contributed by atoms with van der Waals surface area (Å²) in [5.74, 6) is 0.0182. The number of aromatic nitrogens is 6. The lowest BCUT2D eigenvalue weighted by atomic mass is 10.0. The van der Waals surface area contributed by atoms with Crippen LogP contribution in [-0.4, -0.2) is 64.3 Å². The molecule has 0 unspecified atom stereocenters. The number of pyridine rings is 2. The zero-order valence-electron chi connectivity index (χ0n) is 22.8. The molecule has 1 saturated carbocycles. The van der Waals surface area contributed by atoms with Gasteiger partial charge in [0.2, 0.25) is 11.8 Å². The van der Waals surface area contributed by atoms with Crippen LogP contribution in [0, 0.1) is 19.3 Å². The van der Waals surface area contributed by atoms with Crippen molar-refractivity contribution in [2.45, 2.75) is 59.2 Å². The van der Waals surface area contributed by atoms with Crippen molar-refractivity contribution >= 4 is 61.8 Å². The molecule has 0 aromatic carbocycles. The number of nitrogens with one attached hydrogen (secondary N) is 1. The van der Waals surface area contributed by atoms with E-state index in [1.165, 1.54) is 11.6 Å². The van der Waals surface area contributed by atoms with Crippen LogP contribution in [0.15, 0.2) is 35.2 Å². The number of fused-ring (bicyclic) bond motifs is 2. The number of piperidine rings is 1. The van der Waals surface area contributed by atoms with E-state index in [4.69, 9.17) is 16.6 Å². The SMILES string of the molecule is CC(=O)c1nn(CC(=O)N2[C@H](C(=O)Nc3nc(Br)ccc3Cl)C[C@@]3(C)C[C@@H]23)c2c(C)nc(-c3cnc(C)nc3)cc12. The molecule has 0 radical (unpaired) electrons. The van der Waals surface area contributed by atoms with E-state index < -0.39 is 6.04 Å². The van der Waals surface area contributed by atoms with E-state index in [9.17, 15) is 14.4 Å². The largest absolute Gasteiger partial charge is 0.325 e. The number of anilines is 1. The van der Waals surface area contributed by atoms with E-state index in [1.54, 1.807) is 42.4 Å². The highest BCUT2D eigenvalue weighted by atomic mass is 79.9. The molecule has 5 heterocycles. The topological polar surface area (TPSA) is 136 Å². The van der Waals surface area contributed by atoms with Gasteiger partial charge in [0.05, 0.1) is 21.9 Å². The van der Waals surface area contributed by atoms with Gasteiger partial charge in [0.15, 0.2) is 11.6 Å². The highest BCUT2D eigenvalue weighted by Crippen LogP contribution is 2.59. The molecular formula is C28H26BrClN8O3. The Kier molecular flexibility index (Phi) is 6.65. The minimum absolute atomic E-state index is 0.0573. The third-order valence-corrected chi connectivity index (χ3v) is 8.62. The van der Waals surface area contributed by atoms with Crippen LogP contribution < -0.4 is 5.32 Å². The average Bonchev–Trinajstić information content (AvgIpc) is 3.27. The van der Waals surface area contributed by atoms with Crippen molar-refractivity contribution in [1.29, 1.82) is 0 Å². The summed E-state index contributed by atoms with van der Waals surface area (Å²) < 4.78 is 2.05. The molecule has 3 atom stereocenters. The number of aryl methyl sites for hydroxylation is 2. The van der Waals surface area contributed by atoms with Crippen LogP contribution >= 0.6 is 27.5 Å². The predicted octanol–water partition coefficient (Wildman–Crippen LogP) is 4.54.